The van der Waals surface area contributed by atoms with Crippen molar-refractivity contribution in [1.82, 2.24) is 10.2 Å². The molecule has 104 valence electrons. The van der Waals surface area contributed by atoms with Crippen LogP contribution >= 0.6 is 0 Å². The minimum absolute atomic E-state index is 0.0733. The van der Waals surface area contributed by atoms with E-state index >= 15 is 0 Å². The fraction of sp³-hybridized carbons (Fsp3) is 0.533. The molecule has 1 aromatic carbocycles. The molecule has 0 unspecified atom stereocenters. The van der Waals surface area contributed by atoms with E-state index in [-0.39, 0.29) is 5.91 Å². The normalized spacial score (nSPS) is 15.3. The Bertz CT molecular complexity index is 412. The van der Waals surface area contributed by atoms with Gasteiger partial charge in [0.15, 0.2) is 0 Å². The van der Waals surface area contributed by atoms with E-state index in [1.165, 1.54) is 5.56 Å². The first-order valence-electron chi connectivity index (χ1n) is 7.00. The van der Waals surface area contributed by atoms with Gasteiger partial charge in [-0.15, -0.1) is 0 Å². The van der Waals surface area contributed by atoms with Crippen LogP contribution in [0.15, 0.2) is 24.3 Å². The number of carbonyl (C=O) groups is 1. The van der Waals surface area contributed by atoms with Crippen molar-refractivity contribution in [2.45, 2.75) is 26.3 Å². The van der Waals surface area contributed by atoms with Crippen LogP contribution in [0.4, 0.5) is 5.69 Å². The number of nitrogens with zero attached hydrogens (tertiary/aromatic N) is 1. The van der Waals surface area contributed by atoms with Gasteiger partial charge in [-0.3, -0.25) is 9.69 Å². The van der Waals surface area contributed by atoms with Crippen molar-refractivity contribution in [3.8, 4) is 0 Å². The lowest BCUT2D eigenvalue weighted by molar-refractivity contribution is -0.118. The van der Waals surface area contributed by atoms with Crippen LogP contribution in [0.2, 0.25) is 0 Å². The van der Waals surface area contributed by atoms with E-state index in [9.17, 15) is 4.79 Å². The van der Waals surface area contributed by atoms with Gasteiger partial charge in [-0.05, 0) is 32.0 Å². The molecule has 1 fully saturated rings. The van der Waals surface area contributed by atoms with E-state index in [2.05, 4.69) is 22.5 Å². The predicted octanol–water partition coefficient (Wildman–Crippen LogP) is 1.62. The lowest BCUT2D eigenvalue weighted by Gasteiger charge is -2.37. The number of anilines is 1. The van der Waals surface area contributed by atoms with E-state index in [1.807, 2.05) is 31.2 Å². The zero-order valence-corrected chi connectivity index (χ0v) is 11.8. The number of amides is 1. The molecule has 0 aromatic heterocycles. The Balaban J connectivity index is 1.86. The summed E-state index contributed by atoms with van der Waals surface area (Å²) >= 11 is 0. The minimum atomic E-state index is 0.0733. The standard InChI is InChI=1S/C15H23N3O/c1-3-8-18(14-9-16-10-14)11-15(19)17-13-6-4-12(2)5-7-13/h4-7,14,16H,3,8-11H2,1-2H3,(H,17,19). The van der Waals surface area contributed by atoms with Gasteiger partial charge in [0.05, 0.1) is 6.54 Å². The third-order valence-electron chi connectivity index (χ3n) is 3.47. The number of benzene rings is 1. The number of rotatable bonds is 6. The second-order valence-corrected chi connectivity index (χ2v) is 5.20. The summed E-state index contributed by atoms with van der Waals surface area (Å²) in [6, 6.07) is 8.43. The number of hydrogen-bond acceptors (Lipinski definition) is 3. The Hall–Kier alpha value is -1.39. The zero-order chi connectivity index (χ0) is 13.7. The molecule has 0 aliphatic carbocycles. The molecular formula is C15H23N3O. The molecule has 0 spiro atoms. The molecule has 19 heavy (non-hydrogen) atoms. The maximum absolute atomic E-state index is 12.1. The van der Waals surface area contributed by atoms with Crippen LogP contribution in [0, 0.1) is 6.92 Å². The van der Waals surface area contributed by atoms with Crippen LogP contribution in [0.5, 0.6) is 0 Å². The van der Waals surface area contributed by atoms with Crippen molar-refractivity contribution < 1.29 is 4.79 Å². The van der Waals surface area contributed by atoms with Crippen molar-refractivity contribution in [1.29, 1.82) is 0 Å². The highest BCUT2D eigenvalue weighted by Gasteiger charge is 2.25. The number of hydrogen-bond donors (Lipinski definition) is 2. The Morgan fingerprint density at radius 1 is 1.37 bits per heavy atom. The average molecular weight is 261 g/mol. The molecule has 0 bridgehead atoms. The zero-order valence-electron chi connectivity index (χ0n) is 11.8. The largest absolute Gasteiger partial charge is 0.325 e. The molecule has 1 aromatic rings. The highest BCUT2D eigenvalue weighted by molar-refractivity contribution is 5.92. The van der Waals surface area contributed by atoms with Crippen molar-refractivity contribution in [3.63, 3.8) is 0 Å². The number of carbonyl (C=O) groups excluding carboxylic acids is 1. The van der Waals surface area contributed by atoms with Gasteiger partial charge in [-0.1, -0.05) is 24.6 Å². The Morgan fingerprint density at radius 2 is 2.05 bits per heavy atom. The molecule has 0 atom stereocenters. The van der Waals surface area contributed by atoms with Gasteiger partial charge >= 0.3 is 0 Å². The Labute approximate surface area is 115 Å². The van der Waals surface area contributed by atoms with Gasteiger partial charge < -0.3 is 10.6 Å². The molecule has 1 amide bonds. The molecule has 2 N–H and O–H groups in total. The SMILES string of the molecule is CCCN(CC(=O)Nc1ccc(C)cc1)C1CNC1. The summed E-state index contributed by atoms with van der Waals surface area (Å²) in [5, 5.41) is 6.22. The summed E-state index contributed by atoms with van der Waals surface area (Å²) in [6.07, 6.45) is 1.08. The monoisotopic (exact) mass is 261 g/mol. The summed E-state index contributed by atoms with van der Waals surface area (Å²) in [7, 11) is 0. The van der Waals surface area contributed by atoms with Crippen LogP contribution < -0.4 is 10.6 Å². The van der Waals surface area contributed by atoms with Gasteiger partial charge in [0.1, 0.15) is 0 Å². The molecule has 1 heterocycles. The van der Waals surface area contributed by atoms with Crippen molar-refractivity contribution in [2.75, 3.05) is 31.5 Å². The molecule has 4 heteroatoms. The van der Waals surface area contributed by atoms with Crippen LogP contribution in [-0.2, 0) is 4.79 Å². The smallest absolute Gasteiger partial charge is 0.238 e. The molecule has 2 rings (SSSR count). The van der Waals surface area contributed by atoms with E-state index in [4.69, 9.17) is 0 Å². The fourth-order valence-electron chi connectivity index (χ4n) is 2.23. The van der Waals surface area contributed by atoms with E-state index in [0.717, 1.165) is 31.7 Å². The molecule has 0 radical (unpaired) electrons. The predicted molar refractivity (Wildman–Crippen MR) is 78.3 cm³/mol. The maximum Gasteiger partial charge on any atom is 0.238 e. The first-order valence-corrected chi connectivity index (χ1v) is 7.00. The summed E-state index contributed by atoms with van der Waals surface area (Å²) < 4.78 is 0. The van der Waals surface area contributed by atoms with E-state index < -0.39 is 0 Å². The van der Waals surface area contributed by atoms with Crippen molar-refractivity contribution in [3.05, 3.63) is 29.8 Å². The number of aryl methyl sites for hydroxylation is 1. The van der Waals surface area contributed by atoms with Crippen LogP contribution in [0.1, 0.15) is 18.9 Å². The second-order valence-electron chi connectivity index (χ2n) is 5.20. The Morgan fingerprint density at radius 3 is 2.58 bits per heavy atom. The van der Waals surface area contributed by atoms with Gasteiger partial charge in [0, 0.05) is 24.8 Å². The lowest BCUT2D eigenvalue weighted by Crippen LogP contribution is -2.58. The second kappa shape index (κ2) is 6.68. The third-order valence-corrected chi connectivity index (χ3v) is 3.47. The highest BCUT2D eigenvalue weighted by atomic mass is 16.2. The van der Waals surface area contributed by atoms with Gasteiger partial charge in [0.25, 0.3) is 0 Å². The maximum atomic E-state index is 12.1. The van der Waals surface area contributed by atoms with Gasteiger partial charge in [-0.25, -0.2) is 0 Å². The van der Waals surface area contributed by atoms with E-state index in [1.54, 1.807) is 0 Å². The van der Waals surface area contributed by atoms with Crippen LogP contribution in [-0.4, -0.2) is 43.0 Å². The summed E-state index contributed by atoms with van der Waals surface area (Å²) in [5.74, 6) is 0.0733. The van der Waals surface area contributed by atoms with Crippen LogP contribution in [0.25, 0.3) is 0 Å². The molecule has 4 nitrogen and oxygen atoms in total. The van der Waals surface area contributed by atoms with Crippen molar-refractivity contribution >= 4 is 11.6 Å². The van der Waals surface area contributed by atoms with Gasteiger partial charge in [0.2, 0.25) is 5.91 Å². The molecule has 1 aliphatic rings. The summed E-state index contributed by atoms with van der Waals surface area (Å²) in [6.45, 7) is 7.65. The topological polar surface area (TPSA) is 44.4 Å². The molecule has 1 saturated heterocycles. The number of nitrogens with one attached hydrogen (secondary N) is 2. The van der Waals surface area contributed by atoms with Crippen molar-refractivity contribution in [2.24, 2.45) is 0 Å². The molecule has 0 saturated carbocycles. The molecular weight excluding hydrogens is 238 g/mol. The fourth-order valence-corrected chi connectivity index (χ4v) is 2.23. The first-order chi connectivity index (χ1) is 9.19. The summed E-state index contributed by atoms with van der Waals surface area (Å²) in [4.78, 5) is 14.3. The quantitative estimate of drug-likeness (QED) is 0.818. The average Bonchev–Trinajstić information content (AvgIpc) is 2.30. The first kappa shape index (κ1) is 14.0. The lowest BCUT2D eigenvalue weighted by atomic mass is 10.1. The third kappa shape index (κ3) is 4.04. The molecule has 1 aliphatic heterocycles. The van der Waals surface area contributed by atoms with Crippen LogP contribution in [0.3, 0.4) is 0 Å². The summed E-state index contributed by atoms with van der Waals surface area (Å²) in [5.41, 5.74) is 2.07. The highest BCUT2D eigenvalue weighted by Crippen LogP contribution is 2.10. The Kier molecular flexibility index (Phi) is 4.93. The van der Waals surface area contributed by atoms with Gasteiger partial charge in [-0.2, -0.15) is 0 Å². The van der Waals surface area contributed by atoms with E-state index in [0.29, 0.717) is 12.6 Å². The minimum Gasteiger partial charge on any atom is -0.325 e.